The number of nitrogens with zero attached hydrogens (tertiary/aromatic N) is 2. The fraction of sp³-hybridized carbons (Fsp3) is 0.667. The standard InChI is InChI=1S/C12H17N3O5S/c16-12(17)10-5-13-14-11(10)21(18,19)15(9-1-2-9)6-8-3-4-20-7-8/h5,8-9H,1-4,6-7H2,(H,13,14)(H,16,17). The highest BCUT2D eigenvalue weighted by Crippen LogP contribution is 2.34. The number of rotatable bonds is 6. The van der Waals surface area contributed by atoms with Crippen molar-refractivity contribution in [3.8, 4) is 0 Å². The Bertz CT molecular complexity index is 631. The van der Waals surface area contributed by atoms with Crippen LogP contribution in [0.25, 0.3) is 0 Å². The molecule has 1 aromatic rings. The zero-order valence-electron chi connectivity index (χ0n) is 11.4. The predicted octanol–water partition coefficient (Wildman–Crippen LogP) is 0.298. The number of carbonyl (C=O) groups is 1. The lowest BCUT2D eigenvalue weighted by atomic mass is 10.1. The third kappa shape index (κ3) is 2.81. The molecule has 116 valence electrons. The highest BCUT2D eigenvalue weighted by molar-refractivity contribution is 7.89. The van der Waals surface area contributed by atoms with E-state index in [-0.39, 0.29) is 22.5 Å². The number of aromatic nitrogens is 2. The van der Waals surface area contributed by atoms with E-state index in [1.807, 2.05) is 0 Å². The van der Waals surface area contributed by atoms with E-state index >= 15 is 0 Å². The molecule has 1 atom stereocenters. The second-order valence-electron chi connectivity index (χ2n) is 5.45. The van der Waals surface area contributed by atoms with Crippen LogP contribution in [0.3, 0.4) is 0 Å². The lowest BCUT2D eigenvalue weighted by Crippen LogP contribution is -2.38. The van der Waals surface area contributed by atoms with Gasteiger partial charge in [-0.05, 0) is 25.2 Å². The molecule has 2 N–H and O–H groups in total. The first kappa shape index (κ1) is 14.5. The quantitative estimate of drug-likeness (QED) is 0.780. The van der Waals surface area contributed by atoms with Gasteiger partial charge in [-0.1, -0.05) is 0 Å². The fourth-order valence-electron chi connectivity index (χ4n) is 2.53. The van der Waals surface area contributed by atoms with Crippen molar-refractivity contribution in [3.05, 3.63) is 11.8 Å². The summed E-state index contributed by atoms with van der Waals surface area (Å²) in [5.74, 6) is -1.14. The van der Waals surface area contributed by atoms with Crippen LogP contribution in [0.1, 0.15) is 29.6 Å². The van der Waals surface area contributed by atoms with Gasteiger partial charge in [0.15, 0.2) is 5.03 Å². The van der Waals surface area contributed by atoms with E-state index in [4.69, 9.17) is 9.84 Å². The number of aromatic amines is 1. The summed E-state index contributed by atoms with van der Waals surface area (Å²) in [4.78, 5) is 11.1. The molecule has 8 nitrogen and oxygen atoms in total. The predicted molar refractivity (Wildman–Crippen MR) is 71.4 cm³/mol. The van der Waals surface area contributed by atoms with Gasteiger partial charge < -0.3 is 9.84 Å². The molecule has 1 saturated heterocycles. The normalized spacial score (nSPS) is 22.8. The molecule has 1 aromatic heterocycles. The molecule has 0 spiro atoms. The van der Waals surface area contributed by atoms with Gasteiger partial charge in [-0.15, -0.1) is 0 Å². The Balaban J connectivity index is 1.89. The maximum atomic E-state index is 12.7. The van der Waals surface area contributed by atoms with Crippen molar-refractivity contribution in [2.24, 2.45) is 5.92 Å². The van der Waals surface area contributed by atoms with Crippen LogP contribution in [0.2, 0.25) is 0 Å². The van der Waals surface area contributed by atoms with Gasteiger partial charge in [0.1, 0.15) is 5.56 Å². The first-order valence-electron chi connectivity index (χ1n) is 6.86. The van der Waals surface area contributed by atoms with Crippen molar-refractivity contribution in [2.75, 3.05) is 19.8 Å². The van der Waals surface area contributed by atoms with Crippen LogP contribution in [0.15, 0.2) is 11.2 Å². The van der Waals surface area contributed by atoms with Crippen molar-refractivity contribution >= 4 is 16.0 Å². The number of ether oxygens (including phenoxy) is 1. The Hall–Kier alpha value is -1.45. The van der Waals surface area contributed by atoms with Gasteiger partial charge in [0.2, 0.25) is 0 Å². The Morgan fingerprint density at radius 2 is 2.24 bits per heavy atom. The van der Waals surface area contributed by atoms with Gasteiger partial charge >= 0.3 is 5.97 Å². The van der Waals surface area contributed by atoms with E-state index in [1.54, 1.807) is 0 Å². The van der Waals surface area contributed by atoms with Gasteiger partial charge in [-0.3, -0.25) is 5.10 Å². The number of hydrogen-bond acceptors (Lipinski definition) is 5. The summed E-state index contributed by atoms with van der Waals surface area (Å²) in [6, 6.07) is -0.0412. The van der Waals surface area contributed by atoms with Gasteiger partial charge in [0.05, 0.1) is 12.8 Å². The molecular formula is C12H17N3O5S. The van der Waals surface area contributed by atoms with E-state index in [2.05, 4.69) is 10.2 Å². The maximum absolute atomic E-state index is 12.7. The van der Waals surface area contributed by atoms with Gasteiger partial charge in [-0.25, -0.2) is 13.2 Å². The molecule has 0 aromatic carbocycles. The molecule has 2 aliphatic rings. The van der Waals surface area contributed by atoms with Crippen LogP contribution in [0.4, 0.5) is 0 Å². The van der Waals surface area contributed by atoms with E-state index in [9.17, 15) is 13.2 Å². The molecule has 0 amide bonds. The maximum Gasteiger partial charge on any atom is 0.340 e. The summed E-state index contributed by atoms with van der Waals surface area (Å²) < 4.78 is 32.2. The van der Waals surface area contributed by atoms with Crippen LogP contribution in [-0.2, 0) is 14.8 Å². The molecule has 21 heavy (non-hydrogen) atoms. The van der Waals surface area contributed by atoms with E-state index < -0.39 is 16.0 Å². The fourth-order valence-corrected chi connectivity index (χ4v) is 4.36. The Labute approximate surface area is 122 Å². The zero-order valence-corrected chi connectivity index (χ0v) is 12.2. The van der Waals surface area contributed by atoms with E-state index in [0.717, 1.165) is 25.5 Å². The highest BCUT2D eigenvalue weighted by atomic mass is 32.2. The summed E-state index contributed by atoms with van der Waals surface area (Å²) in [7, 11) is -3.88. The summed E-state index contributed by atoms with van der Waals surface area (Å²) in [6.45, 7) is 1.56. The van der Waals surface area contributed by atoms with Crippen molar-refractivity contribution in [1.29, 1.82) is 0 Å². The average Bonchev–Trinajstić information content (AvgIpc) is 2.95. The van der Waals surface area contributed by atoms with Crippen molar-refractivity contribution in [3.63, 3.8) is 0 Å². The largest absolute Gasteiger partial charge is 0.478 e. The monoisotopic (exact) mass is 315 g/mol. The summed E-state index contributed by atoms with van der Waals surface area (Å²) in [6.07, 6.45) is 3.47. The van der Waals surface area contributed by atoms with Crippen molar-refractivity contribution < 1.29 is 23.1 Å². The topological polar surface area (TPSA) is 113 Å². The molecule has 9 heteroatoms. The molecule has 1 aliphatic carbocycles. The summed E-state index contributed by atoms with van der Waals surface area (Å²) >= 11 is 0. The van der Waals surface area contributed by atoms with E-state index in [1.165, 1.54) is 4.31 Å². The van der Waals surface area contributed by atoms with Gasteiger partial charge in [0.25, 0.3) is 10.0 Å². The molecule has 1 saturated carbocycles. The first-order chi connectivity index (χ1) is 10.00. The number of hydrogen-bond donors (Lipinski definition) is 2. The molecule has 2 fully saturated rings. The molecule has 2 heterocycles. The van der Waals surface area contributed by atoms with Gasteiger partial charge in [0, 0.05) is 19.2 Å². The first-order valence-corrected chi connectivity index (χ1v) is 8.30. The molecule has 1 unspecified atom stereocenters. The molecule has 1 aliphatic heterocycles. The number of H-pyrrole nitrogens is 1. The summed E-state index contributed by atoms with van der Waals surface area (Å²) in [5, 5.41) is 14.6. The Kier molecular flexibility index (Phi) is 3.72. The minimum absolute atomic E-state index is 0.0412. The van der Waals surface area contributed by atoms with Crippen LogP contribution < -0.4 is 0 Å². The van der Waals surface area contributed by atoms with Crippen LogP contribution in [0.5, 0.6) is 0 Å². The number of carboxylic acid groups (broad SMARTS) is 1. The third-order valence-electron chi connectivity index (χ3n) is 3.82. The van der Waals surface area contributed by atoms with Crippen molar-refractivity contribution in [1.82, 2.24) is 14.5 Å². The third-order valence-corrected chi connectivity index (χ3v) is 5.71. The lowest BCUT2D eigenvalue weighted by Gasteiger charge is -2.23. The van der Waals surface area contributed by atoms with Crippen molar-refractivity contribution in [2.45, 2.75) is 30.3 Å². The number of aromatic carboxylic acids is 1. The summed E-state index contributed by atoms with van der Waals surface area (Å²) in [5.41, 5.74) is -0.316. The van der Waals surface area contributed by atoms with Crippen LogP contribution in [-0.4, -0.2) is 59.8 Å². The van der Waals surface area contributed by atoms with E-state index in [0.29, 0.717) is 19.8 Å². The molecule has 0 radical (unpaired) electrons. The lowest BCUT2D eigenvalue weighted by molar-refractivity contribution is 0.0692. The molecule has 0 bridgehead atoms. The molecule has 3 rings (SSSR count). The Morgan fingerprint density at radius 3 is 2.81 bits per heavy atom. The molecular weight excluding hydrogens is 298 g/mol. The second kappa shape index (κ2) is 5.39. The zero-order chi connectivity index (χ0) is 15.0. The van der Waals surface area contributed by atoms with Crippen LogP contribution in [0, 0.1) is 5.92 Å². The SMILES string of the molecule is O=C(O)c1cn[nH]c1S(=O)(=O)N(CC1CCOC1)C1CC1. The van der Waals surface area contributed by atoms with Crippen LogP contribution >= 0.6 is 0 Å². The van der Waals surface area contributed by atoms with Gasteiger partial charge in [-0.2, -0.15) is 9.40 Å². The minimum Gasteiger partial charge on any atom is -0.478 e. The number of sulfonamides is 1. The second-order valence-corrected chi connectivity index (χ2v) is 7.28. The minimum atomic E-state index is -3.88. The average molecular weight is 315 g/mol. The smallest absolute Gasteiger partial charge is 0.340 e. The number of carboxylic acids is 1. The Morgan fingerprint density at radius 1 is 1.48 bits per heavy atom. The number of nitrogens with one attached hydrogen (secondary N) is 1. The highest BCUT2D eigenvalue weighted by Gasteiger charge is 2.42.